The molecule has 1 saturated heterocycles. The van der Waals surface area contributed by atoms with Crippen LogP contribution >= 0.6 is 0 Å². The van der Waals surface area contributed by atoms with Crippen molar-refractivity contribution < 1.29 is 8.42 Å². The SMILES string of the molecule is CCCN1CCC(N(C)S(=O)(=O)C2Cc3ccccc3C2)CC1. The minimum atomic E-state index is -3.22. The number of rotatable bonds is 5. The molecule has 1 aromatic rings. The van der Waals surface area contributed by atoms with E-state index in [0.717, 1.165) is 32.5 Å². The molecule has 0 spiro atoms. The van der Waals surface area contributed by atoms with Crippen molar-refractivity contribution in [2.24, 2.45) is 0 Å². The summed E-state index contributed by atoms with van der Waals surface area (Å²) in [5.74, 6) is 0. The number of nitrogens with zero attached hydrogens (tertiary/aromatic N) is 2. The normalized spacial score (nSPS) is 21.0. The number of piperidine rings is 1. The minimum Gasteiger partial charge on any atom is -0.303 e. The molecule has 1 aliphatic heterocycles. The van der Waals surface area contributed by atoms with E-state index in [2.05, 4.69) is 24.0 Å². The molecule has 3 rings (SSSR count). The van der Waals surface area contributed by atoms with Crippen molar-refractivity contribution in [3.05, 3.63) is 35.4 Å². The van der Waals surface area contributed by atoms with Gasteiger partial charge in [-0.05, 0) is 62.9 Å². The van der Waals surface area contributed by atoms with Gasteiger partial charge in [-0.25, -0.2) is 12.7 Å². The zero-order chi connectivity index (χ0) is 16.4. The third-order valence-corrected chi connectivity index (χ3v) is 7.72. The van der Waals surface area contributed by atoms with E-state index < -0.39 is 10.0 Å². The van der Waals surface area contributed by atoms with E-state index in [4.69, 9.17) is 0 Å². The van der Waals surface area contributed by atoms with Crippen LogP contribution in [0, 0.1) is 0 Å². The van der Waals surface area contributed by atoms with Gasteiger partial charge < -0.3 is 4.90 Å². The Bertz CT molecular complexity index is 611. The van der Waals surface area contributed by atoms with E-state index in [0.29, 0.717) is 12.8 Å². The lowest BCUT2D eigenvalue weighted by Crippen LogP contribution is -2.48. The molecule has 4 nitrogen and oxygen atoms in total. The number of sulfonamides is 1. The molecule has 0 amide bonds. The van der Waals surface area contributed by atoms with Gasteiger partial charge in [-0.2, -0.15) is 0 Å². The van der Waals surface area contributed by atoms with Gasteiger partial charge in [0.05, 0.1) is 5.25 Å². The first-order chi connectivity index (χ1) is 11.0. The molecular weight excluding hydrogens is 308 g/mol. The molecule has 1 fully saturated rings. The summed E-state index contributed by atoms with van der Waals surface area (Å²) < 4.78 is 27.7. The van der Waals surface area contributed by atoms with Crippen LogP contribution in [-0.4, -0.2) is 55.6 Å². The van der Waals surface area contributed by atoms with Gasteiger partial charge in [-0.1, -0.05) is 31.2 Å². The summed E-state index contributed by atoms with van der Waals surface area (Å²) in [6.45, 7) is 5.36. The molecule has 0 N–H and O–H groups in total. The smallest absolute Gasteiger partial charge is 0.217 e. The van der Waals surface area contributed by atoms with Crippen molar-refractivity contribution in [1.82, 2.24) is 9.21 Å². The van der Waals surface area contributed by atoms with Gasteiger partial charge in [0, 0.05) is 13.1 Å². The highest BCUT2D eigenvalue weighted by Crippen LogP contribution is 2.29. The van der Waals surface area contributed by atoms with Crippen molar-refractivity contribution >= 4 is 10.0 Å². The zero-order valence-corrected chi connectivity index (χ0v) is 15.1. The lowest BCUT2D eigenvalue weighted by Gasteiger charge is -2.37. The number of fused-ring (bicyclic) bond motifs is 1. The molecule has 1 aromatic carbocycles. The first-order valence-electron chi connectivity index (χ1n) is 8.78. The molecular formula is C18H28N2O2S. The molecule has 0 atom stereocenters. The number of hydrogen-bond donors (Lipinski definition) is 0. The van der Waals surface area contributed by atoms with E-state index in [1.807, 2.05) is 12.1 Å². The highest BCUT2D eigenvalue weighted by molar-refractivity contribution is 7.89. The second kappa shape index (κ2) is 6.91. The molecule has 1 aliphatic carbocycles. The first kappa shape index (κ1) is 16.9. The van der Waals surface area contributed by atoms with Crippen LogP contribution in [0.5, 0.6) is 0 Å². The molecule has 0 aromatic heterocycles. The molecule has 23 heavy (non-hydrogen) atoms. The van der Waals surface area contributed by atoms with Crippen molar-refractivity contribution in [1.29, 1.82) is 0 Å². The maximum atomic E-state index is 13.0. The molecule has 128 valence electrons. The Kier molecular flexibility index (Phi) is 5.09. The van der Waals surface area contributed by atoms with Crippen LogP contribution < -0.4 is 0 Å². The van der Waals surface area contributed by atoms with Gasteiger partial charge in [0.15, 0.2) is 0 Å². The monoisotopic (exact) mass is 336 g/mol. The lowest BCUT2D eigenvalue weighted by molar-refractivity contribution is 0.169. The highest BCUT2D eigenvalue weighted by Gasteiger charge is 2.38. The lowest BCUT2D eigenvalue weighted by atomic mass is 10.1. The molecule has 5 heteroatoms. The summed E-state index contributed by atoms with van der Waals surface area (Å²) in [5, 5.41) is -0.279. The largest absolute Gasteiger partial charge is 0.303 e. The zero-order valence-electron chi connectivity index (χ0n) is 14.2. The van der Waals surface area contributed by atoms with Crippen LogP contribution in [0.2, 0.25) is 0 Å². The minimum absolute atomic E-state index is 0.164. The maximum Gasteiger partial charge on any atom is 0.217 e. The fraction of sp³-hybridized carbons (Fsp3) is 0.667. The van der Waals surface area contributed by atoms with Gasteiger partial charge in [-0.15, -0.1) is 0 Å². The quantitative estimate of drug-likeness (QED) is 0.828. The molecule has 2 aliphatic rings. The molecule has 1 heterocycles. The Morgan fingerprint density at radius 3 is 2.22 bits per heavy atom. The van der Waals surface area contributed by atoms with Crippen LogP contribution in [0.25, 0.3) is 0 Å². The van der Waals surface area contributed by atoms with Gasteiger partial charge in [0.2, 0.25) is 10.0 Å². The summed E-state index contributed by atoms with van der Waals surface area (Å²) in [5.41, 5.74) is 2.40. The predicted molar refractivity (Wildman–Crippen MR) is 94.1 cm³/mol. The maximum absolute atomic E-state index is 13.0. The van der Waals surface area contributed by atoms with E-state index in [1.54, 1.807) is 11.4 Å². The fourth-order valence-corrected chi connectivity index (χ4v) is 5.87. The summed E-state index contributed by atoms with van der Waals surface area (Å²) >= 11 is 0. The van der Waals surface area contributed by atoms with Crippen LogP contribution in [0.15, 0.2) is 24.3 Å². The number of hydrogen-bond acceptors (Lipinski definition) is 3. The second-order valence-corrected chi connectivity index (χ2v) is 9.21. The third kappa shape index (κ3) is 3.47. The van der Waals surface area contributed by atoms with Crippen LogP contribution in [0.4, 0.5) is 0 Å². The topological polar surface area (TPSA) is 40.6 Å². The average Bonchev–Trinajstić information content (AvgIpc) is 3.00. The Morgan fingerprint density at radius 2 is 1.70 bits per heavy atom. The van der Waals surface area contributed by atoms with E-state index in [9.17, 15) is 8.42 Å². The molecule has 0 radical (unpaired) electrons. The average molecular weight is 337 g/mol. The summed E-state index contributed by atoms with van der Waals surface area (Å²) in [6, 6.07) is 8.29. The van der Waals surface area contributed by atoms with E-state index in [-0.39, 0.29) is 11.3 Å². The van der Waals surface area contributed by atoms with Gasteiger partial charge in [-0.3, -0.25) is 0 Å². The summed E-state index contributed by atoms with van der Waals surface area (Å²) in [7, 11) is -1.43. The molecule has 0 unspecified atom stereocenters. The number of benzene rings is 1. The molecule has 0 bridgehead atoms. The summed E-state index contributed by atoms with van der Waals surface area (Å²) in [6.07, 6.45) is 4.40. The van der Waals surface area contributed by atoms with E-state index >= 15 is 0 Å². The van der Waals surface area contributed by atoms with Gasteiger partial charge >= 0.3 is 0 Å². The predicted octanol–water partition coefficient (Wildman–Crippen LogP) is 2.29. The standard InChI is InChI=1S/C18H28N2O2S/c1-3-10-20-11-8-17(9-12-20)19(2)23(21,22)18-13-15-6-4-5-7-16(15)14-18/h4-7,17-18H,3,8-14H2,1-2H3. The van der Waals surface area contributed by atoms with Crippen LogP contribution in [0.3, 0.4) is 0 Å². The third-order valence-electron chi connectivity index (χ3n) is 5.45. The Hall–Kier alpha value is -0.910. The molecule has 0 saturated carbocycles. The van der Waals surface area contributed by atoms with Crippen molar-refractivity contribution in [3.8, 4) is 0 Å². The van der Waals surface area contributed by atoms with Crippen molar-refractivity contribution in [2.45, 2.75) is 50.3 Å². The fourth-order valence-electron chi connectivity index (χ4n) is 3.99. The van der Waals surface area contributed by atoms with Crippen LogP contribution in [-0.2, 0) is 22.9 Å². The van der Waals surface area contributed by atoms with E-state index in [1.165, 1.54) is 17.5 Å². The van der Waals surface area contributed by atoms with Gasteiger partial charge in [0.1, 0.15) is 0 Å². The summed E-state index contributed by atoms with van der Waals surface area (Å²) in [4.78, 5) is 2.45. The van der Waals surface area contributed by atoms with Crippen molar-refractivity contribution in [2.75, 3.05) is 26.7 Å². The Morgan fingerprint density at radius 1 is 1.13 bits per heavy atom. The first-order valence-corrected chi connectivity index (χ1v) is 10.3. The second-order valence-electron chi connectivity index (χ2n) is 6.93. The van der Waals surface area contributed by atoms with Gasteiger partial charge in [0.25, 0.3) is 0 Å². The Balaban J connectivity index is 1.64. The highest BCUT2D eigenvalue weighted by atomic mass is 32.2. The van der Waals surface area contributed by atoms with Crippen LogP contribution in [0.1, 0.15) is 37.3 Å². The van der Waals surface area contributed by atoms with Crippen molar-refractivity contribution in [3.63, 3.8) is 0 Å². The Labute approximate surface area is 140 Å². The number of likely N-dealkylation sites (tertiary alicyclic amines) is 1.